The SMILES string of the molecule is COc1cccc(N2C(=O)S/C(=C\c3ccccc3OCc3ccccc3Cl)C2=O)c1. The molecule has 1 heterocycles. The Hall–Kier alpha value is -3.22. The van der Waals surface area contributed by atoms with Crippen molar-refractivity contribution in [3.8, 4) is 11.5 Å². The van der Waals surface area contributed by atoms with Gasteiger partial charge in [0.15, 0.2) is 0 Å². The Morgan fingerprint density at radius 3 is 2.58 bits per heavy atom. The molecule has 1 aliphatic heterocycles. The molecule has 3 aromatic rings. The number of imide groups is 1. The Balaban J connectivity index is 1.58. The first kappa shape index (κ1) is 21.0. The van der Waals surface area contributed by atoms with E-state index in [-0.39, 0.29) is 17.8 Å². The molecule has 3 aromatic carbocycles. The number of para-hydroxylation sites is 1. The zero-order valence-electron chi connectivity index (χ0n) is 16.6. The van der Waals surface area contributed by atoms with Crippen molar-refractivity contribution in [2.75, 3.05) is 12.0 Å². The van der Waals surface area contributed by atoms with Gasteiger partial charge >= 0.3 is 0 Å². The molecule has 0 aromatic heterocycles. The lowest BCUT2D eigenvalue weighted by Gasteiger charge is -2.13. The first-order valence-electron chi connectivity index (χ1n) is 9.44. The van der Waals surface area contributed by atoms with Gasteiger partial charge in [-0.05, 0) is 42.1 Å². The molecule has 0 unspecified atom stereocenters. The summed E-state index contributed by atoms with van der Waals surface area (Å²) < 4.78 is 11.2. The number of amides is 2. The van der Waals surface area contributed by atoms with Crippen LogP contribution in [0.3, 0.4) is 0 Å². The van der Waals surface area contributed by atoms with Crippen molar-refractivity contribution in [3.05, 3.63) is 93.9 Å². The number of halogens is 1. The van der Waals surface area contributed by atoms with Crippen LogP contribution >= 0.6 is 23.4 Å². The largest absolute Gasteiger partial charge is 0.497 e. The van der Waals surface area contributed by atoms with E-state index in [1.54, 1.807) is 36.4 Å². The van der Waals surface area contributed by atoms with Crippen molar-refractivity contribution in [1.29, 1.82) is 0 Å². The molecule has 0 N–H and O–H groups in total. The number of methoxy groups -OCH3 is 1. The Kier molecular flexibility index (Phi) is 6.30. The smallest absolute Gasteiger partial charge is 0.298 e. The highest BCUT2D eigenvalue weighted by Crippen LogP contribution is 2.37. The summed E-state index contributed by atoms with van der Waals surface area (Å²) in [5, 5.41) is 0.262. The van der Waals surface area contributed by atoms with Crippen molar-refractivity contribution in [1.82, 2.24) is 0 Å². The molecule has 31 heavy (non-hydrogen) atoms. The number of carbonyl (C=O) groups excluding carboxylic acids is 2. The number of hydrogen-bond acceptors (Lipinski definition) is 5. The molecular weight excluding hydrogens is 434 g/mol. The van der Waals surface area contributed by atoms with Crippen molar-refractivity contribution < 1.29 is 19.1 Å². The fourth-order valence-corrected chi connectivity index (χ4v) is 4.11. The maximum absolute atomic E-state index is 13.0. The Bertz CT molecular complexity index is 1180. The number of hydrogen-bond donors (Lipinski definition) is 0. The normalized spacial score (nSPS) is 14.9. The van der Waals surface area contributed by atoms with Gasteiger partial charge in [0.2, 0.25) is 0 Å². The summed E-state index contributed by atoms with van der Waals surface area (Å²) in [6.45, 7) is 0.288. The molecule has 1 aliphatic rings. The highest BCUT2D eigenvalue weighted by atomic mass is 35.5. The van der Waals surface area contributed by atoms with Gasteiger partial charge in [-0.15, -0.1) is 0 Å². The molecule has 0 aliphatic carbocycles. The van der Waals surface area contributed by atoms with E-state index in [1.165, 1.54) is 7.11 Å². The summed E-state index contributed by atoms with van der Waals surface area (Å²) in [6.07, 6.45) is 1.67. The molecular formula is C24H18ClNO4S. The van der Waals surface area contributed by atoms with Crippen LogP contribution in [-0.4, -0.2) is 18.3 Å². The van der Waals surface area contributed by atoms with Gasteiger partial charge in [0, 0.05) is 22.2 Å². The second-order valence-corrected chi connectivity index (χ2v) is 8.04. The Morgan fingerprint density at radius 2 is 1.77 bits per heavy atom. The summed E-state index contributed by atoms with van der Waals surface area (Å²) in [5.74, 6) is 0.776. The third-order valence-corrected chi connectivity index (χ3v) is 5.89. The average Bonchev–Trinajstić information content (AvgIpc) is 3.07. The van der Waals surface area contributed by atoms with Crippen molar-refractivity contribution in [2.45, 2.75) is 6.61 Å². The van der Waals surface area contributed by atoms with Gasteiger partial charge in [0.25, 0.3) is 11.1 Å². The minimum absolute atomic E-state index is 0.288. The van der Waals surface area contributed by atoms with Crippen LogP contribution in [0.5, 0.6) is 11.5 Å². The quantitative estimate of drug-likeness (QED) is 0.419. The maximum atomic E-state index is 13.0. The molecule has 5 nitrogen and oxygen atoms in total. The van der Waals surface area contributed by atoms with Crippen LogP contribution in [0.15, 0.2) is 77.7 Å². The van der Waals surface area contributed by atoms with E-state index in [0.29, 0.717) is 32.7 Å². The summed E-state index contributed by atoms with van der Waals surface area (Å²) >= 11 is 7.10. The van der Waals surface area contributed by atoms with Gasteiger partial charge in [-0.2, -0.15) is 0 Å². The van der Waals surface area contributed by atoms with Gasteiger partial charge in [-0.3, -0.25) is 9.59 Å². The Labute approximate surface area is 189 Å². The van der Waals surface area contributed by atoms with Crippen molar-refractivity contribution in [2.24, 2.45) is 0 Å². The summed E-state index contributed by atoms with van der Waals surface area (Å²) in [4.78, 5) is 27.0. The monoisotopic (exact) mass is 451 g/mol. The first-order valence-corrected chi connectivity index (χ1v) is 10.6. The van der Waals surface area contributed by atoms with Gasteiger partial charge in [-0.25, -0.2) is 4.90 Å². The first-order chi connectivity index (χ1) is 15.1. The fourth-order valence-electron chi connectivity index (χ4n) is 3.08. The predicted octanol–water partition coefficient (Wildman–Crippen LogP) is 6.17. The van der Waals surface area contributed by atoms with E-state index in [0.717, 1.165) is 22.2 Å². The maximum Gasteiger partial charge on any atom is 0.298 e. The summed E-state index contributed by atoms with van der Waals surface area (Å²) in [5.41, 5.74) is 2.02. The van der Waals surface area contributed by atoms with Crippen LogP contribution in [-0.2, 0) is 11.4 Å². The summed E-state index contributed by atoms with van der Waals surface area (Å²) in [7, 11) is 1.53. The lowest BCUT2D eigenvalue weighted by atomic mass is 10.1. The number of rotatable bonds is 6. The molecule has 0 saturated carbocycles. The third kappa shape index (κ3) is 4.60. The number of anilines is 1. The van der Waals surface area contributed by atoms with Crippen LogP contribution in [0.2, 0.25) is 5.02 Å². The molecule has 2 amide bonds. The van der Waals surface area contributed by atoms with Gasteiger partial charge in [0.05, 0.1) is 17.7 Å². The number of thioether (sulfide) groups is 1. The number of carbonyl (C=O) groups is 2. The zero-order valence-corrected chi connectivity index (χ0v) is 18.2. The summed E-state index contributed by atoms with van der Waals surface area (Å²) in [6, 6.07) is 21.6. The molecule has 0 atom stereocenters. The highest BCUT2D eigenvalue weighted by Gasteiger charge is 2.36. The standard InChI is InChI=1S/C24H18ClNO4S/c1-29-19-10-6-9-18(14-19)26-23(27)22(31-24(26)28)13-16-7-3-5-12-21(16)30-15-17-8-2-4-11-20(17)25/h2-14H,15H2,1H3/b22-13-. The molecule has 4 rings (SSSR count). The minimum Gasteiger partial charge on any atom is -0.497 e. The second-order valence-electron chi connectivity index (χ2n) is 6.64. The van der Waals surface area contributed by atoms with Gasteiger partial charge in [0.1, 0.15) is 18.1 Å². The second kappa shape index (κ2) is 9.29. The van der Waals surface area contributed by atoms with E-state index >= 15 is 0 Å². The van der Waals surface area contributed by atoms with Crippen molar-refractivity contribution >= 4 is 46.3 Å². The lowest BCUT2D eigenvalue weighted by Crippen LogP contribution is -2.27. The highest BCUT2D eigenvalue weighted by molar-refractivity contribution is 8.19. The van der Waals surface area contributed by atoms with Gasteiger partial charge in [-0.1, -0.05) is 54.1 Å². The molecule has 0 spiro atoms. The number of ether oxygens (including phenoxy) is 2. The molecule has 156 valence electrons. The fraction of sp³-hybridized carbons (Fsp3) is 0.0833. The third-order valence-electron chi connectivity index (χ3n) is 4.65. The molecule has 1 saturated heterocycles. The van der Waals surface area contributed by atoms with Gasteiger partial charge < -0.3 is 9.47 Å². The van der Waals surface area contributed by atoms with E-state index < -0.39 is 0 Å². The van der Waals surface area contributed by atoms with Crippen LogP contribution in [0.4, 0.5) is 10.5 Å². The molecule has 0 bridgehead atoms. The topological polar surface area (TPSA) is 55.8 Å². The van der Waals surface area contributed by atoms with E-state index in [9.17, 15) is 9.59 Å². The van der Waals surface area contributed by atoms with Crippen LogP contribution < -0.4 is 14.4 Å². The van der Waals surface area contributed by atoms with Crippen LogP contribution in [0.25, 0.3) is 6.08 Å². The number of nitrogens with zero attached hydrogens (tertiary/aromatic N) is 1. The lowest BCUT2D eigenvalue weighted by molar-refractivity contribution is -0.113. The van der Waals surface area contributed by atoms with E-state index in [2.05, 4.69) is 0 Å². The minimum atomic E-state index is -0.385. The van der Waals surface area contributed by atoms with E-state index in [1.807, 2.05) is 42.5 Å². The number of benzene rings is 3. The zero-order chi connectivity index (χ0) is 21.8. The molecule has 0 radical (unpaired) electrons. The molecule has 1 fully saturated rings. The van der Waals surface area contributed by atoms with Crippen molar-refractivity contribution in [3.63, 3.8) is 0 Å². The van der Waals surface area contributed by atoms with Crippen LogP contribution in [0.1, 0.15) is 11.1 Å². The van der Waals surface area contributed by atoms with E-state index in [4.69, 9.17) is 21.1 Å². The molecule has 7 heteroatoms. The Morgan fingerprint density at radius 1 is 1.00 bits per heavy atom. The predicted molar refractivity (Wildman–Crippen MR) is 124 cm³/mol. The average molecular weight is 452 g/mol. The van der Waals surface area contributed by atoms with Crippen LogP contribution in [0, 0.1) is 0 Å².